The fourth-order valence-corrected chi connectivity index (χ4v) is 4.34. The van der Waals surface area contributed by atoms with E-state index < -0.39 is 12.0 Å². The number of carbonyl (C=O) groups is 1. The number of methoxy groups -OCH3 is 2. The molecule has 2 aromatic rings. The molecule has 2 unspecified atom stereocenters. The molecule has 0 aromatic heterocycles. The summed E-state index contributed by atoms with van der Waals surface area (Å²) >= 11 is 12.6. The van der Waals surface area contributed by atoms with Crippen LogP contribution in [0, 0.1) is 0 Å². The number of piperidine rings is 1. The van der Waals surface area contributed by atoms with E-state index in [-0.39, 0.29) is 6.04 Å². The Labute approximate surface area is 174 Å². The number of hydrogen-bond acceptors (Lipinski definition) is 4. The van der Waals surface area contributed by atoms with Gasteiger partial charge in [0, 0.05) is 10.0 Å². The molecule has 1 aliphatic rings. The maximum Gasteiger partial charge on any atom is 0.320 e. The fraction of sp³-hybridized carbons (Fsp3) is 0.381. The van der Waals surface area contributed by atoms with E-state index in [1.165, 1.54) is 0 Å². The Morgan fingerprint density at radius 2 is 1.86 bits per heavy atom. The van der Waals surface area contributed by atoms with Gasteiger partial charge in [0.2, 0.25) is 0 Å². The number of carboxylic acids is 1. The molecular formula is C21H23Cl2NO4. The van der Waals surface area contributed by atoms with Crippen molar-refractivity contribution in [3.8, 4) is 11.5 Å². The molecule has 2 aromatic carbocycles. The zero-order valence-corrected chi connectivity index (χ0v) is 17.3. The molecule has 0 aliphatic carbocycles. The van der Waals surface area contributed by atoms with Crippen LogP contribution >= 0.6 is 23.2 Å². The molecule has 150 valence electrons. The van der Waals surface area contributed by atoms with Gasteiger partial charge in [-0.25, -0.2) is 0 Å². The summed E-state index contributed by atoms with van der Waals surface area (Å²) in [6, 6.07) is 10.0. The van der Waals surface area contributed by atoms with E-state index >= 15 is 0 Å². The maximum atomic E-state index is 12.0. The van der Waals surface area contributed by atoms with Crippen molar-refractivity contribution in [3.63, 3.8) is 0 Å². The number of ether oxygens (including phenoxy) is 2. The van der Waals surface area contributed by atoms with Crippen molar-refractivity contribution in [2.45, 2.75) is 31.3 Å². The SMILES string of the molecule is COc1ccc(C(c2ccc(Cl)cc2Cl)N2CCCCC2C(=O)O)cc1OC. The van der Waals surface area contributed by atoms with Crippen LogP contribution in [0.25, 0.3) is 0 Å². The molecule has 5 nitrogen and oxygen atoms in total. The van der Waals surface area contributed by atoms with Crippen molar-refractivity contribution in [2.75, 3.05) is 20.8 Å². The molecule has 7 heteroatoms. The first-order valence-electron chi connectivity index (χ1n) is 9.11. The van der Waals surface area contributed by atoms with E-state index in [2.05, 4.69) is 0 Å². The topological polar surface area (TPSA) is 59.0 Å². The van der Waals surface area contributed by atoms with Crippen LogP contribution in [0.15, 0.2) is 36.4 Å². The molecule has 1 N–H and O–H groups in total. The Kier molecular flexibility index (Phi) is 6.70. The molecule has 3 rings (SSSR count). The number of halogens is 2. The fourth-order valence-electron chi connectivity index (χ4n) is 3.82. The van der Waals surface area contributed by atoms with Crippen molar-refractivity contribution < 1.29 is 19.4 Å². The number of nitrogens with zero attached hydrogens (tertiary/aromatic N) is 1. The Morgan fingerprint density at radius 1 is 1.11 bits per heavy atom. The molecule has 0 spiro atoms. The molecule has 2 atom stereocenters. The number of benzene rings is 2. The highest BCUT2D eigenvalue weighted by Gasteiger charge is 2.36. The van der Waals surface area contributed by atoms with Gasteiger partial charge in [-0.2, -0.15) is 0 Å². The third kappa shape index (κ3) is 4.22. The van der Waals surface area contributed by atoms with Crippen molar-refractivity contribution >= 4 is 29.2 Å². The molecular weight excluding hydrogens is 401 g/mol. The predicted octanol–water partition coefficient (Wildman–Crippen LogP) is 5.04. The molecule has 1 saturated heterocycles. The van der Waals surface area contributed by atoms with E-state index in [0.717, 1.165) is 24.0 Å². The first-order chi connectivity index (χ1) is 13.5. The highest BCUT2D eigenvalue weighted by molar-refractivity contribution is 6.35. The second-order valence-electron chi connectivity index (χ2n) is 6.77. The van der Waals surface area contributed by atoms with Gasteiger partial charge in [-0.05, 0) is 54.8 Å². The van der Waals surface area contributed by atoms with Crippen LogP contribution in [-0.4, -0.2) is 42.8 Å². The van der Waals surface area contributed by atoms with Crippen LogP contribution in [0.1, 0.15) is 36.4 Å². The minimum atomic E-state index is -0.824. The lowest BCUT2D eigenvalue weighted by atomic mass is 9.91. The molecule has 1 fully saturated rings. The van der Waals surface area contributed by atoms with Crippen LogP contribution in [0.4, 0.5) is 0 Å². The van der Waals surface area contributed by atoms with Crippen molar-refractivity contribution in [1.29, 1.82) is 0 Å². The van der Waals surface area contributed by atoms with Gasteiger partial charge in [-0.15, -0.1) is 0 Å². The average molecular weight is 424 g/mol. The molecule has 1 aliphatic heterocycles. The summed E-state index contributed by atoms with van der Waals surface area (Å²) in [6.07, 6.45) is 2.42. The largest absolute Gasteiger partial charge is 0.493 e. The van der Waals surface area contributed by atoms with Crippen LogP contribution in [0.3, 0.4) is 0 Å². The Balaban J connectivity index is 2.15. The summed E-state index contributed by atoms with van der Waals surface area (Å²) in [5.41, 5.74) is 1.70. The summed E-state index contributed by atoms with van der Waals surface area (Å²) in [5, 5.41) is 10.8. The molecule has 1 heterocycles. The minimum Gasteiger partial charge on any atom is -0.493 e. The van der Waals surface area contributed by atoms with E-state index in [4.69, 9.17) is 32.7 Å². The molecule has 28 heavy (non-hydrogen) atoms. The highest BCUT2D eigenvalue weighted by Crippen LogP contribution is 2.40. The van der Waals surface area contributed by atoms with Gasteiger partial charge < -0.3 is 14.6 Å². The van der Waals surface area contributed by atoms with Crippen molar-refractivity contribution in [1.82, 2.24) is 4.90 Å². The van der Waals surface area contributed by atoms with E-state index in [1.54, 1.807) is 26.4 Å². The Hall–Kier alpha value is -1.95. The Bertz CT molecular complexity index is 858. The van der Waals surface area contributed by atoms with E-state index in [1.807, 2.05) is 29.2 Å². The second-order valence-corrected chi connectivity index (χ2v) is 7.61. The van der Waals surface area contributed by atoms with Crippen molar-refractivity contribution in [2.24, 2.45) is 0 Å². The van der Waals surface area contributed by atoms with Crippen LogP contribution < -0.4 is 9.47 Å². The van der Waals surface area contributed by atoms with E-state index in [9.17, 15) is 9.90 Å². The van der Waals surface area contributed by atoms with Gasteiger partial charge in [-0.3, -0.25) is 9.69 Å². The molecule has 0 amide bonds. The predicted molar refractivity (Wildman–Crippen MR) is 110 cm³/mol. The summed E-state index contributed by atoms with van der Waals surface area (Å²) in [4.78, 5) is 14.0. The van der Waals surface area contributed by atoms with E-state index in [0.29, 0.717) is 34.5 Å². The number of carboxylic acid groups (broad SMARTS) is 1. The highest BCUT2D eigenvalue weighted by atomic mass is 35.5. The quantitative estimate of drug-likeness (QED) is 0.704. The smallest absolute Gasteiger partial charge is 0.320 e. The molecule has 0 bridgehead atoms. The summed E-state index contributed by atoms with van der Waals surface area (Å²) in [7, 11) is 3.16. The summed E-state index contributed by atoms with van der Waals surface area (Å²) in [6.45, 7) is 0.662. The first kappa shape index (κ1) is 20.8. The average Bonchev–Trinajstić information content (AvgIpc) is 2.69. The third-order valence-electron chi connectivity index (χ3n) is 5.14. The second kappa shape index (κ2) is 9.03. The Morgan fingerprint density at radius 3 is 2.50 bits per heavy atom. The van der Waals surface area contributed by atoms with Crippen LogP contribution in [-0.2, 0) is 4.79 Å². The number of likely N-dealkylation sites (tertiary alicyclic amines) is 1. The molecule has 0 saturated carbocycles. The maximum absolute atomic E-state index is 12.0. The summed E-state index contributed by atoms with van der Waals surface area (Å²) in [5.74, 6) is 0.370. The van der Waals surface area contributed by atoms with Gasteiger partial charge in [0.25, 0.3) is 0 Å². The monoisotopic (exact) mass is 423 g/mol. The lowest BCUT2D eigenvalue weighted by Crippen LogP contribution is -2.46. The minimum absolute atomic E-state index is 0.342. The first-order valence-corrected chi connectivity index (χ1v) is 9.87. The number of aliphatic carboxylic acids is 1. The van der Waals surface area contributed by atoms with Gasteiger partial charge >= 0.3 is 5.97 Å². The zero-order chi connectivity index (χ0) is 20.3. The van der Waals surface area contributed by atoms with Gasteiger partial charge in [0.15, 0.2) is 11.5 Å². The van der Waals surface area contributed by atoms with Crippen molar-refractivity contribution in [3.05, 3.63) is 57.6 Å². The van der Waals surface area contributed by atoms with Crippen LogP contribution in [0.2, 0.25) is 10.0 Å². The van der Waals surface area contributed by atoms with Gasteiger partial charge in [0.1, 0.15) is 6.04 Å². The normalized spacial score (nSPS) is 18.5. The number of hydrogen-bond donors (Lipinski definition) is 1. The third-order valence-corrected chi connectivity index (χ3v) is 5.70. The number of rotatable bonds is 6. The van der Waals surface area contributed by atoms with Crippen LogP contribution in [0.5, 0.6) is 11.5 Å². The van der Waals surface area contributed by atoms with Gasteiger partial charge in [-0.1, -0.05) is 41.8 Å². The lowest BCUT2D eigenvalue weighted by Gasteiger charge is -2.40. The lowest BCUT2D eigenvalue weighted by molar-refractivity contribution is -0.145. The summed E-state index contributed by atoms with van der Waals surface area (Å²) < 4.78 is 10.8. The molecule has 0 radical (unpaired) electrons. The zero-order valence-electron chi connectivity index (χ0n) is 15.8. The van der Waals surface area contributed by atoms with Gasteiger partial charge in [0.05, 0.1) is 20.3 Å². The standard InChI is InChI=1S/C21H23Cl2NO4/c1-27-18-9-6-13(11-19(18)28-2)20(15-8-7-14(22)12-16(15)23)24-10-4-3-5-17(24)21(25)26/h6-9,11-12,17,20H,3-5,10H2,1-2H3,(H,25,26).